The van der Waals surface area contributed by atoms with Crippen LogP contribution >= 0.6 is 0 Å². The van der Waals surface area contributed by atoms with Gasteiger partial charge in [0.1, 0.15) is 0 Å². The predicted octanol–water partition coefficient (Wildman–Crippen LogP) is 3.93. The van der Waals surface area contributed by atoms with Crippen LogP contribution in [0.3, 0.4) is 0 Å². The summed E-state index contributed by atoms with van der Waals surface area (Å²) in [6.07, 6.45) is 8.09. The minimum atomic E-state index is 0.600. The number of hydrogen-bond acceptors (Lipinski definition) is 2. The van der Waals surface area contributed by atoms with Gasteiger partial charge in [0.15, 0.2) is 0 Å². The lowest BCUT2D eigenvalue weighted by Gasteiger charge is -2.29. The van der Waals surface area contributed by atoms with Crippen molar-refractivity contribution >= 4 is 5.69 Å². The molecule has 1 aromatic heterocycles. The van der Waals surface area contributed by atoms with Gasteiger partial charge < -0.3 is 5.32 Å². The second-order valence-corrected chi connectivity index (χ2v) is 6.06. The van der Waals surface area contributed by atoms with Crippen molar-refractivity contribution in [1.29, 1.82) is 0 Å². The largest absolute Gasteiger partial charge is 0.382 e. The Hall–Kier alpha value is -1.83. The summed E-state index contributed by atoms with van der Waals surface area (Å²) in [5, 5.41) is 3.73. The maximum atomic E-state index is 4.62. The van der Waals surface area contributed by atoms with Crippen LogP contribution in [0.4, 0.5) is 5.69 Å². The number of aromatic nitrogens is 1. The number of rotatable bonds is 2. The van der Waals surface area contributed by atoms with Gasteiger partial charge in [-0.2, -0.15) is 0 Å². The number of pyridine rings is 1. The van der Waals surface area contributed by atoms with Gasteiger partial charge in [0, 0.05) is 29.5 Å². The van der Waals surface area contributed by atoms with Crippen LogP contribution in [0.25, 0.3) is 0 Å². The maximum Gasteiger partial charge on any atom is 0.0467 e. The fourth-order valence-corrected chi connectivity index (χ4v) is 3.75. The maximum absolute atomic E-state index is 4.62. The predicted molar refractivity (Wildman–Crippen MR) is 82.1 cm³/mol. The second kappa shape index (κ2) is 4.93. The van der Waals surface area contributed by atoms with Crippen LogP contribution in [0.1, 0.15) is 42.0 Å². The highest BCUT2D eigenvalue weighted by atomic mass is 14.9. The lowest BCUT2D eigenvalue weighted by Crippen LogP contribution is -2.27. The van der Waals surface area contributed by atoms with E-state index in [1.165, 1.54) is 54.6 Å². The Balaban J connectivity index is 1.49. The molecule has 2 heterocycles. The molecule has 2 aliphatic rings. The molecule has 0 spiro atoms. The number of nitrogens with one attached hydrogen (secondary N) is 1. The van der Waals surface area contributed by atoms with Crippen molar-refractivity contribution in [3.63, 3.8) is 0 Å². The summed E-state index contributed by atoms with van der Waals surface area (Å²) in [6, 6.07) is 13.6. The summed E-state index contributed by atoms with van der Waals surface area (Å²) in [5.41, 5.74) is 5.62. The molecular weight excluding hydrogens is 244 g/mol. The summed E-state index contributed by atoms with van der Waals surface area (Å²) in [4.78, 5) is 4.62. The molecule has 0 bridgehead atoms. The van der Waals surface area contributed by atoms with Gasteiger partial charge in [-0.05, 0) is 55.4 Å². The van der Waals surface area contributed by atoms with E-state index in [0.29, 0.717) is 12.0 Å². The lowest BCUT2D eigenvalue weighted by atomic mass is 9.90. The van der Waals surface area contributed by atoms with Gasteiger partial charge in [0.25, 0.3) is 0 Å². The summed E-state index contributed by atoms with van der Waals surface area (Å²) in [7, 11) is 0. The van der Waals surface area contributed by atoms with E-state index in [0.717, 1.165) is 0 Å². The van der Waals surface area contributed by atoms with Crippen molar-refractivity contribution in [3.05, 3.63) is 59.4 Å². The van der Waals surface area contributed by atoms with Crippen molar-refractivity contribution in [3.8, 4) is 0 Å². The van der Waals surface area contributed by atoms with Gasteiger partial charge in [-0.1, -0.05) is 24.3 Å². The lowest BCUT2D eigenvalue weighted by molar-refractivity contribution is 0.506. The SMILES string of the molecule is c1ccc2c(c1)CCC(CC1CCc3cccnc31)N2. The monoisotopic (exact) mass is 264 g/mol. The van der Waals surface area contributed by atoms with Crippen LogP contribution in [0, 0.1) is 0 Å². The number of anilines is 1. The zero-order valence-electron chi connectivity index (χ0n) is 11.7. The third-order valence-electron chi connectivity index (χ3n) is 4.78. The number of fused-ring (bicyclic) bond motifs is 2. The van der Waals surface area contributed by atoms with Crippen LogP contribution in [0.15, 0.2) is 42.6 Å². The van der Waals surface area contributed by atoms with Crippen molar-refractivity contribution < 1.29 is 0 Å². The summed E-state index contributed by atoms with van der Waals surface area (Å²) in [6.45, 7) is 0. The molecule has 20 heavy (non-hydrogen) atoms. The average Bonchev–Trinajstić information content (AvgIpc) is 2.91. The smallest absolute Gasteiger partial charge is 0.0467 e. The van der Waals surface area contributed by atoms with Gasteiger partial charge in [0.2, 0.25) is 0 Å². The molecular formula is C18H20N2. The number of nitrogens with zero attached hydrogens (tertiary/aromatic N) is 1. The first kappa shape index (κ1) is 12.0. The Morgan fingerprint density at radius 1 is 1.00 bits per heavy atom. The minimum absolute atomic E-state index is 0.600. The molecule has 2 nitrogen and oxygen atoms in total. The molecule has 0 saturated heterocycles. The molecule has 0 amide bonds. The van der Waals surface area contributed by atoms with Gasteiger partial charge in [-0.25, -0.2) is 0 Å². The summed E-state index contributed by atoms with van der Waals surface area (Å²) < 4.78 is 0. The number of benzene rings is 1. The fraction of sp³-hybridized carbons (Fsp3) is 0.389. The van der Waals surface area contributed by atoms with E-state index in [1.54, 1.807) is 0 Å². The Morgan fingerprint density at radius 2 is 1.85 bits per heavy atom. The molecule has 4 rings (SSSR count). The summed E-state index contributed by atoms with van der Waals surface area (Å²) in [5.74, 6) is 0.647. The topological polar surface area (TPSA) is 24.9 Å². The molecule has 2 heteroatoms. The van der Waals surface area contributed by atoms with Crippen molar-refractivity contribution in [1.82, 2.24) is 4.98 Å². The molecule has 2 atom stereocenters. The van der Waals surface area contributed by atoms with E-state index in [2.05, 4.69) is 46.7 Å². The van der Waals surface area contributed by atoms with Crippen LogP contribution in [-0.2, 0) is 12.8 Å². The fourth-order valence-electron chi connectivity index (χ4n) is 3.75. The molecule has 0 fully saturated rings. The zero-order chi connectivity index (χ0) is 13.4. The first-order chi connectivity index (χ1) is 9.90. The second-order valence-electron chi connectivity index (χ2n) is 6.06. The average molecular weight is 264 g/mol. The standard InChI is InChI=1S/C18H20N2/c1-2-6-17-13(4-1)9-10-16(20-17)12-15-8-7-14-5-3-11-19-18(14)15/h1-6,11,15-16,20H,7-10,12H2. The minimum Gasteiger partial charge on any atom is -0.382 e. The van der Waals surface area contributed by atoms with E-state index in [4.69, 9.17) is 0 Å². The zero-order valence-corrected chi connectivity index (χ0v) is 11.7. The molecule has 1 aliphatic heterocycles. The third kappa shape index (κ3) is 2.09. The van der Waals surface area contributed by atoms with Gasteiger partial charge >= 0.3 is 0 Å². The molecule has 0 saturated carbocycles. The molecule has 2 aromatic rings. The van der Waals surface area contributed by atoms with Gasteiger partial charge in [-0.3, -0.25) is 4.98 Å². The van der Waals surface area contributed by atoms with E-state index < -0.39 is 0 Å². The Kier molecular flexibility index (Phi) is 2.95. The van der Waals surface area contributed by atoms with Gasteiger partial charge in [0.05, 0.1) is 0 Å². The number of para-hydroxylation sites is 1. The Bertz CT molecular complexity index is 620. The first-order valence-corrected chi connectivity index (χ1v) is 7.68. The Labute approximate surface area is 120 Å². The molecule has 102 valence electrons. The third-order valence-corrected chi connectivity index (χ3v) is 4.78. The molecule has 1 aliphatic carbocycles. The van der Waals surface area contributed by atoms with E-state index in [1.807, 2.05) is 6.20 Å². The van der Waals surface area contributed by atoms with Crippen molar-refractivity contribution in [2.75, 3.05) is 5.32 Å². The van der Waals surface area contributed by atoms with Crippen LogP contribution in [0.5, 0.6) is 0 Å². The van der Waals surface area contributed by atoms with Crippen LogP contribution in [-0.4, -0.2) is 11.0 Å². The number of hydrogen-bond donors (Lipinski definition) is 1. The highest BCUT2D eigenvalue weighted by molar-refractivity contribution is 5.53. The number of aryl methyl sites for hydroxylation is 2. The van der Waals surface area contributed by atoms with Crippen LogP contribution in [0.2, 0.25) is 0 Å². The molecule has 1 N–H and O–H groups in total. The van der Waals surface area contributed by atoms with Crippen molar-refractivity contribution in [2.45, 2.75) is 44.1 Å². The first-order valence-electron chi connectivity index (χ1n) is 7.68. The highest BCUT2D eigenvalue weighted by Gasteiger charge is 2.27. The summed E-state index contributed by atoms with van der Waals surface area (Å²) >= 11 is 0. The van der Waals surface area contributed by atoms with Gasteiger partial charge in [-0.15, -0.1) is 0 Å². The molecule has 0 radical (unpaired) electrons. The molecule has 1 aromatic carbocycles. The van der Waals surface area contributed by atoms with E-state index in [-0.39, 0.29) is 0 Å². The molecule has 2 unspecified atom stereocenters. The quantitative estimate of drug-likeness (QED) is 0.889. The van der Waals surface area contributed by atoms with E-state index in [9.17, 15) is 0 Å². The Morgan fingerprint density at radius 3 is 2.85 bits per heavy atom. The normalized spacial score (nSPS) is 23.8. The van der Waals surface area contributed by atoms with E-state index >= 15 is 0 Å². The van der Waals surface area contributed by atoms with Crippen molar-refractivity contribution in [2.24, 2.45) is 0 Å². The van der Waals surface area contributed by atoms with Crippen LogP contribution < -0.4 is 5.32 Å². The highest BCUT2D eigenvalue weighted by Crippen LogP contribution is 2.37.